The fourth-order valence-electron chi connectivity index (χ4n) is 3.35. The van der Waals surface area contributed by atoms with Crippen LogP contribution in [0.3, 0.4) is 0 Å². The van der Waals surface area contributed by atoms with Crippen molar-refractivity contribution in [2.45, 2.75) is 26.7 Å². The number of rotatable bonds is 5. The number of esters is 1. The van der Waals surface area contributed by atoms with Gasteiger partial charge in [0, 0.05) is 24.3 Å². The summed E-state index contributed by atoms with van der Waals surface area (Å²) in [6.07, 6.45) is 0.991. The lowest BCUT2D eigenvalue weighted by atomic mass is 9.98. The van der Waals surface area contributed by atoms with Crippen LogP contribution in [0.15, 0.2) is 48.5 Å². The van der Waals surface area contributed by atoms with E-state index in [1.54, 1.807) is 42.2 Å². The van der Waals surface area contributed by atoms with E-state index in [1.165, 1.54) is 0 Å². The molecule has 1 fully saturated rings. The number of amides is 2. The minimum Gasteiger partial charge on any atom is -0.450 e. The molecule has 7 heteroatoms. The van der Waals surface area contributed by atoms with Crippen LogP contribution in [0.4, 0.5) is 10.5 Å². The molecule has 2 aromatic carbocycles. The average molecular weight is 410 g/mol. The molecule has 0 bridgehead atoms. The lowest BCUT2D eigenvalue weighted by Crippen LogP contribution is -2.43. The molecule has 0 saturated carbocycles. The molecule has 0 aliphatic carbocycles. The summed E-state index contributed by atoms with van der Waals surface area (Å²) in [5.74, 6) is -0.573. The number of hydrogen-bond donors (Lipinski definition) is 1. The van der Waals surface area contributed by atoms with Gasteiger partial charge in [0.2, 0.25) is 0 Å². The first-order valence-electron chi connectivity index (χ1n) is 10.1. The molecular formula is C23H26N2O5. The van der Waals surface area contributed by atoms with Crippen LogP contribution in [0.2, 0.25) is 0 Å². The zero-order chi connectivity index (χ0) is 21.5. The Balaban J connectivity index is 1.55. The molecule has 0 unspecified atom stereocenters. The summed E-state index contributed by atoms with van der Waals surface area (Å²) >= 11 is 0. The number of piperidine rings is 1. The monoisotopic (exact) mass is 410 g/mol. The molecule has 1 aliphatic rings. The van der Waals surface area contributed by atoms with E-state index >= 15 is 0 Å². The molecule has 0 aromatic heterocycles. The summed E-state index contributed by atoms with van der Waals surface area (Å²) in [5, 5.41) is 2.82. The Labute approximate surface area is 176 Å². The summed E-state index contributed by atoms with van der Waals surface area (Å²) < 4.78 is 10.5. The molecule has 30 heavy (non-hydrogen) atoms. The maximum atomic E-state index is 12.5. The molecule has 1 heterocycles. The van der Waals surface area contributed by atoms with Gasteiger partial charge in [-0.2, -0.15) is 0 Å². The van der Waals surface area contributed by atoms with Gasteiger partial charge in [-0.25, -0.2) is 4.79 Å². The summed E-state index contributed by atoms with van der Waals surface area (Å²) in [7, 11) is 0. The van der Waals surface area contributed by atoms with Crippen LogP contribution in [0, 0.1) is 12.8 Å². The van der Waals surface area contributed by atoms with Crippen LogP contribution in [-0.4, -0.2) is 42.6 Å². The lowest BCUT2D eigenvalue weighted by Gasteiger charge is -2.30. The Bertz CT molecular complexity index is 910. The van der Waals surface area contributed by atoms with Gasteiger partial charge in [0.1, 0.15) is 5.75 Å². The molecule has 1 N–H and O–H groups in total. The van der Waals surface area contributed by atoms with Crippen molar-refractivity contribution in [1.82, 2.24) is 4.90 Å². The third-order valence-electron chi connectivity index (χ3n) is 4.89. The molecule has 158 valence electrons. The molecule has 7 nitrogen and oxygen atoms in total. The number of ether oxygens (including phenoxy) is 2. The maximum Gasteiger partial charge on any atom is 0.409 e. The number of likely N-dealkylation sites (tertiary alicyclic amines) is 1. The van der Waals surface area contributed by atoms with Crippen LogP contribution >= 0.6 is 0 Å². The third kappa shape index (κ3) is 5.59. The van der Waals surface area contributed by atoms with E-state index in [0.717, 1.165) is 12.0 Å². The second-order valence-electron chi connectivity index (χ2n) is 7.25. The van der Waals surface area contributed by atoms with Crippen molar-refractivity contribution in [3.63, 3.8) is 0 Å². The predicted molar refractivity (Wildman–Crippen MR) is 113 cm³/mol. The average Bonchev–Trinajstić information content (AvgIpc) is 2.75. The van der Waals surface area contributed by atoms with Gasteiger partial charge in [0.05, 0.1) is 12.5 Å². The number of carbonyl (C=O) groups excluding carboxylic acids is 3. The van der Waals surface area contributed by atoms with E-state index in [9.17, 15) is 14.4 Å². The van der Waals surface area contributed by atoms with Crippen molar-refractivity contribution in [3.8, 4) is 5.75 Å². The highest BCUT2D eigenvalue weighted by atomic mass is 16.6. The fraction of sp³-hybridized carbons (Fsp3) is 0.348. The molecule has 1 aliphatic heterocycles. The van der Waals surface area contributed by atoms with E-state index in [4.69, 9.17) is 9.47 Å². The smallest absolute Gasteiger partial charge is 0.409 e. The van der Waals surface area contributed by atoms with Gasteiger partial charge in [-0.1, -0.05) is 17.7 Å². The predicted octanol–water partition coefficient (Wildman–Crippen LogP) is 4.02. The number of carbonyl (C=O) groups is 3. The quantitative estimate of drug-likeness (QED) is 0.594. The standard InChI is InChI=1S/C23H26N2O5/c1-3-29-23(28)25-13-5-8-18(15-25)22(27)30-20-11-9-19(10-12-20)24-21(26)17-7-4-6-16(2)14-17/h4,6-7,9-12,14,18H,3,5,8,13,15H2,1-2H3,(H,24,26)/t18-/m1/s1. The summed E-state index contributed by atoms with van der Waals surface area (Å²) in [5.41, 5.74) is 2.19. The van der Waals surface area contributed by atoms with Crippen LogP contribution in [0.5, 0.6) is 5.75 Å². The van der Waals surface area contributed by atoms with E-state index in [-0.39, 0.29) is 17.8 Å². The van der Waals surface area contributed by atoms with Crippen LogP contribution in [0.25, 0.3) is 0 Å². The van der Waals surface area contributed by atoms with Crippen LogP contribution in [0.1, 0.15) is 35.7 Å². The minimum atomic E-state index is -0.399. The number of aryl methyl sites for hydroxylation is 1. The number of benzene rings is 2. The SMILES string of the molecule is CCOC(=O)N1CCC[C@@H](C(=O)Oc2ccc(NC(=O)c3cccc(C)c3)cc2)C1. The summed E-state index contributed by atoms with van der Waals surface area (Å²) in [6.45, 7) is 4.86. The summed E-state index contributed by atoms with van der Waals surface area (Å²) in [4.78, 5) is 38.3. The van der Waals surface area contributed by atoms with Gasteiger partial charge < -0.3 is 19.7 Å². The van der Waals surface area contributed by atoms with Crippen molar-refractivity contribution >= 4 is 23.7 Å². The molecule has 2 aromatic rings. The zero-order valence-electron chi connectivity index (χ0n) is 17.2. The zero-order valence-corrected chi connectivity index (χ0v) is 17.2. The molecule has 3 rings (SSSR count). The van der Waals surface area contributed by atoms with Gasteiger partial charge in [-0.15, -0.1) is 0 Å². The Morgan fingerprint density at radius 2 is 1.90 bits per heavy atom. The second-order valence-corrected chi connectivity index (χ2v) is 7.25. The first kappa shape index (κ1) is 21.4. The highest BCUT2D eigenvalue weighted by Crippen LogP contribution is 2.22. The number of anilines is 1. The topological polar surface area (TPSA) is 84.9 Å². The Morgan fingerprint density at radius 3 is 2.60 bits per heavy atom. The number of nitrogens with zero attached hydrogens (tertiary/aromatic N) is 1. The lowest BCUT2D eigenvalue weighted by molar-refractivity contribution is -0.140. The molecule has 1 atom stereocenters. The summed E-state index contributed by atoms with van der Waals surface area (Å²) in [6, 6.07) is 14.0. The highest BCUT2D eigenvalue weighted by molar-refractivity contribution is 6.04. The molecule has 1 saturated heterocycles. The van der Waals surface area contributed by atoms with Crippen molar-refractivity contribution in [2.75, 3.05) is 25.0 Å². The number of hydrogen-bond acceptors (Lipinski definition) is 5. The normalized spacial score (nSPS) is 15.9. The Hall–Kier alpha value is -3.35. The minimum absolute atomic E-state index is 0.204. The van der Waals surface area contributed by atoms with Crippen LogP contribution in [-0.2, 0) is 9.53 Å². The first-order chi connectivity index (χ1) is 14.5. The molecule has 0 radical (unpaired) electrons. The van der Waals surface area contributed by atoms with Gasteiger partial charge in [-0.05, 0) is 63.1 Å². The van der Waals surface area contributed by atoms with Crippen molar-refractivity contribution in [1.29, 1.82) is 0 Å². The second kappa shape index (κ2) is 9.91. The molecule has 0 spiro atoms. The van der Waals surface area contributed by atoms with Crippen LogP contribution < -0.4 is 10.1 Å². The van der Waals surface area contributed by atoms with Gasteiger partial charge in [0.15, 0.2) is 0 Å². The van der Waals surface area contributed by atoms with Gasteiger partial charge in [0.25, 0.3) is 5.91 Å². The van der Waals surface area contributed by atoms with E-state index in [1.807, 2.05) is 25.1 Å². The Kier molecular flexibility index (Phi) is 7.06. The Morgan fingerprint density at radius 1 is 1.13 bits per heavy atom. The number of nitrogens with one attached hydrogen (secondary N) is 1. The molecular weight excluding hydrogens is 384 g/mol. The van der Waals surface area contributed by atoms with Gasteiger partial charge >= 0.3 is 12.1 Å². The van der Waals surface area contributed by atoms with E-state index in [0.29, 0.717) is 43.1 Å². The first-order valence-corrected chi connectivity index (χ1v) is 10.1. The third-order valence-corrected chi connectivity index (χ3v) is 4.89. The van der Waals surface area contributed by atoms with Gasteiger partial charge in [-0.3, -0.25) is 9.59 Å². The highest BCUT2D eigenvalue weighted by Gasteiger charge is 2.30. The maximum absolute atomic E-state index is 12.5. The van der Waals surface area contributed by atoms with E-state index < -0.39 is 6.09 Å². The molecule has 2 amide bonds. The van der Waals surface area contributed by atoms with E-state index in [2.05, 4.69) is 5.32 Å². The van der Waals surface area contributed by atoms with Crippen molar-refractivity contribution in [3.05, 3.63) is 59.7 Å². The fourth-order valence-corrected chi connectivity index (χ4v) is 3.35. The van der Waals surface area contributed by atoms with Crippen molar-refractivity contribution in [2.24, 2.45) is 5.92 Å². The van der Waals surface area contributed by atoms with Crippen molar-refractivity contribution < 1.29 is 23.9 Å². The largest absolute Gasteiger partial charge is 0.450 e.